The van der Waals surface area contributed by atoms with E-state index in [1.165, 1.54) is 12.0 Å². The third-order valence-electron chi connectivity index (χ3n) is 13.8. The summed E-state index contributed by atoms with van der Waals surface area (Å²) in [5.41, 5.74) is 9.64. The SMILES string of the molecule is COC(=O)CC1N=C(c2ccc(-c3ccc(OC4CC(C(=O)NC(C(=O)N5C[C@H](O)CC5C(=O)NC(C)c5ccc(-c6scnc6C)cc5)C(C)(C)C)C4)nc3)cc2)c2c(sc(C)c2C)-n2c(C)nnc21. The first kappa shape index (κ1) is 49.4. The van der Waals surface area contributed by atoms with Gasteiger partial charge in [0.15, 0.2) is 5.82 Å². The van der Waals surface area contributed by atoms with Crippen LogP contribution in [0.15, 0.2) is 77.4 Å². The Balaban J connectivity index is 0.806. The maximum atomic E-state index is 14.3. The second-order valence-corrected chi connectivity index (χ2v) is 21.9. The van der Waals surface area contributed by atoms with Crippen molar-refractivity contribution in [3.8, 4) is 32.4 Å². The van der Waals surface area contributed by atoms with Crippen LogP contribution < -0.4 is 15.4 Å². The predicted molar refractivity (Wildman–Crippen MR) is 272 cm³/mol. The first-order valence-electron chi connectivity index (χ1n) is 23.9. The van der Waals surface area contributed by atoms with Gasteiger partial charge in [0.2, 0.25) is 23.6 Å². The lowest BCUT2D eigenvalue weighted by Crippen LogP contribution is -2.59. The third kappa shape index (κ3) is 10.0. The molecule has 3 amide bonds. The molecular weight excluding hydrogens is 939 g/mol. The van der Waals surface area contributed by atoms with E-state index in [1.807, 2.05) is 112 Å². The van der Waals surface area contributed by atoms with Crippen LogP contribution in [0, 0.1) is 39.0 Å². The largest absolute Gasteiger partial charge is 0.474 e. The van der Waals surface area contributed by atoms with Crippen LogP contribution in [0.25, 0.3) is 26.6 Å². The minimum Gasteiger partial charge on any atom is -0.474 e. The zero-order valence-corrected chi connectivity index (χ0v) is 43.0. The molecule has 16 nitrogen and oxygen atoms in total. The Morgan fingerprint density at radius 1 is 0.859 bits per heavy atom. The smallest absolute Gasteiger partial charge is 0.308 e. The predicted octanol–water partition coefficient (Wildman–Crippen LogP) is 7.73. The van der Waals surface area contributed by atoms with Crippen molar-refractivity contribution >= 4 is 52.1 Å². The fourth-order valence-electron chi connectivity index (χ4n) is 9.53. The molecule has 2 aliphatic heterocycles. The number of hydrogen-bond donors (Lipinski definition) is 3. The van der Waals surface area contributed by atoms with Gasteiger partial charge < -0.3 is 30.1 Å². The summed E-state index contributed by atoms with van der Waals surface area (Å²) in [6, 6.07) is 17.1. The van der Waals surface area contributed by atoms with E-state index in [0.717, 1.165) is 70.9 Å². The van der Waals surface area contributed by atoms with E-state index in [4.69, 9.17) is 14.5 Å². The summed E-state index contributed by atoms with van der Waals surface area (Å²) in [5.74, 6) is -0.0309. The van der Waals surface area contributed by atoms with Gasteiger partial charge in [-0.05, 0) is 81.2 Å². The second kappa shape index (κ2) is 19.9. The fraction of sp³-hybridized carbons (Fsp3) is 0.415. The van der Waals surface area contributed by atoms with Crippen LogP contribution in [0.5, 0.6) is 5.88 Å². The molecule has 0 bridgehead atoms. The molecule has 6 heterocycles. The van der Waals surface area contributed by atoms with Crippen molar-refractivity contribution in [2.45, 2.75) is 117 Å². The number of aliphatic hydroxyl groups excluding tert-OH is 1. The summed E-state index contributed by atoms with van der Waals surface area (Å²) in [6.45, 7) is 15.6. The van der Waals surface area contributed by atoms with Crippen LogP contribution in [0.4, 0.5) is 0 Å². The fourth-order valence-corrected chi connectivity index (χ4v) is 11.6. The molecule has 6 aromatic rings. The highest BCUT2D eigenvalue weighted by molar-refractivity contribution is 7.15. The lowest BCUT2D eigenvalue weighted by atomic mass is 9.80. The normalized spacial score (nSPS) is 20.4. The first-order valence-corrected chi connectivity index (χ1v) is 25.6. The molecule has 2 fully saturated rings. The number of aliphatic imine (C=N–C) groups is 1. The third-order valence-corrected chi connectivity index (χ3v) is 16.0. The monoisotopic (exact) mass is 997 g/mol. The Labute approximate surface area is 421 Å². The number of methoxy groups -OCH3 is 1. The van der Waals surface area contributed by atoms with Crippen molar-refractivity contribution in [3.63, 3.8) is 0 Å². The summed E-state index contributed by atoms with van der Waals surface area (Å²) in [7, 11) is 1.37. The minimum absolute atomic E-state index is 0.00923. The highest BCUT2D eigenvalue weighted by atomic mass is 32.1. The Morgan fingerprint density at radius 2 is 1.55 bits per heavy atom. The van der Waals surface area contributed by atoms with Gasteiger partial charge in [-0.15, -0.1) is 32.9 Å². The van der Waals surface area contributed by atoms with Gasteiger partial charge in [-0.2, -0.15) is 0 Å². The van der Waals surface area contributed by atoms with Crippen molar-refractivity contribution in [3.05, 3.63) is 117 Å². The number of hydrogen-bond acceptors (Lipinski definition) is 14. The van der Waals surface area contributed by atoms with Crippen molar-refractivity contribution in [1.82, 2.24) is 40.3 Å². The second-order valence-electron chi connectivity index (χ2n) is 19.9. The number of likely N-dealkylation sites (tertiary alicyclic amines) is 1. The molecular formula is C53H59N9O7S2. The molecule has 1 saturated heterocycles. The molecule has 1 saturated carbocycles. The number of carbonyl (C=O) groups excluding carboxylic acids is 4. The van der Waals surface area contributed by atoms with Gasteiger partial charge in [0.1, 0.15) is 35.1 Å². The van der Waals surface area contributed by atoms with Crippen molar-refractivity contribution in [2.24, 2.45) is 16.3 Å². The maximum Gasteiger partial charge on any atom is 0.308 e. The van der Waals surface area contributed by atoms with Crippen LogP contribution in [-0.2, 0) is 23.9 Å². The standard InChI is InChI=1S/C53H59N9O7S2/c1-27-30(4)71-52-44(27)45(57-40(23-43(64)68-9)48-60-59-31(5)62(48)52)34-14-12-33(13-15-34)36-18-19-42(54-24-36)69-39-20-37(21-39)49(65)58-47(53(6,7)8)51(67)61-25-38(63)22-41(61)50(66)56-28(2)32-10-16-35(17-11-32)46-29(3)55-26-70-46/h10-19,24,26,28,37-41,47,63H,20-23,25H2,1-9H3,(H,56,66)(H,58,65)/t28?,37?,38-,39?,40?,41?,47?/m1/s1. The maximum absolute atomic E-state index is 14.3. The molecule has 18 heteroatoms. The number of fused-ring (bicyclic) bond motifs is 3. The molecule has 0 spiro atoms. The Morgan fingerprint density at radius 3 is 2.20 bits per heavy atom. The molecule has 370 valence electrons. The van der Waals surface area contributed by atoms with E-state index in [1.54, 1.807) is 28.9 Å². The topological polar surface area (TPSA) is 203 Å². The minimum atomic E-state index is -0.934. The van der Waals surface area contributed by atoms with Gasteiger partial charge in [0.05, 0.1) is 47.5 Å². The quantitative estimate of drug-likeness (QED) is 0.0956. The number of carbonyl (C=O) groups is 4. The Kier molecular flexibility index (Phi) is 13.8. The van der Waals surface area contributed by atoms with E-state index in [-0.39, 0.29) is 55.2 Å². The van der Waals surface area contributed by atoms with Crippen LogP contribution in [0.1, 0.15) is 110 Å². The number of aryl methyl sites for hydroxylation is 3. The summed E-state index contributed by atoms with van der Waals surface area (Å²) in [4.78, 5) is 72.1. The van der Waals surface area contributed by atoms with E-state index in [9.17, 15) is 24.3 Å². The Hall–Kier alpha value is -6.63. The zero-order valence-electron chi connectivity index (χ0n) is 41.3. The summed E-state index contributed by atoms with van der Waals surface area (Å²) in [6.07, 6.45) is 1.66. The van der Waals surface area contributed by atoms with Crippen LogP contribution in [0.2, 0.25) is 0 Å². The summed E-state index contributed by atoms with van der Waals surface area (Å²) in [5, 5.41) is 26.6. The number of ether oxygens (including phenoxy) is 2. The lowest BCUT2D eigenvalue weighted by molar-refractivity contribution is -0.145. The molecule has 9 rings (SSSR count). The summed E-state index contributed by atoms with van der Waals surface area (Å²) < 4.78 is 13.2. The molecule has 3 aliphatic rings. The van der Waals surface area contributed by atoms with Crippen molar-refractivity contribution < 1.29 is 33.8 Å². The van der Waals surface area contributed by atoms with Gasteiger partial charge in [-0.1, -0.05) is 69.3 Å². The molecule has 71 heavy (non-hydrogen) atoms. The summed E-state index contributed by atoms with van der Waals surface area (Å²) >= 11 is 3.23. The molecule has 2 aromatic carbocycles. The van der Waals surface area contributed by atoms with E-state index in [0.29, 0.717) is 24.5 Å². The van der Waals surface area contributed by atoms with Crippen LogP contribution in [-0.4, -0.2) is 102 Å². The highest BCUT2D eigenvalue weighted by Gasteiger charge is 2.46. The number of pyridine rings is 1. The van der Waals surface area contributed by atoms with Crippen molar-refractivity contribution in [1.29, 1.82) is 0 Å². The van der Waals surface area contributed by atoms with Gasteiger partial charge in [-0.25, -0.2) is 9.97 Å². The number of thiophene rings is 1. The van der Waals surface area contributed by atoms with Crippen molar-refractivity contribution in [2.75, 3.05) is 13.7 Å². The van der Waals surface area contributed by atoms with Gasteiger partial charge >= 0.3 is 5.97 Å². The number of rotatable bonds is 13. The molecule has 0 radical (unpaired) electrons. The highest BCUT2D eigenvalue weighted by Crippen LogP contribution is 2.40. The lowest BCUT2D eigenvalue weighted by Gasteiger charge is -2.39. The number of amides is 3. The van der Waals surface area contributed by atoms with E-state index >= 15 is 0 Å². The Bertz CT molecular complexity index is 3000. The molecule has 4 unspecified atom stereocenters. The number of benzene rings is 2. The first-order chi connectivity index (χ1) is 33.9. The molecule has 1 aliphatic carbocycles. The van der Waals surface area contributed by atoms with Crippen LogP contribution >= 0.6 is 22.7 Å². The average Bonchev–Trinajstić information content (AvgIpc) is 4.10. The molecule has 3 N–H and O–H groups in total. The van der Waals surface area contributed by atoms with Crippen LogP contribution in [0.3, 0.4) is 0 Å². The molecule has 5 atom stereocenters. The van der Waals surface area contributed by atoms with Gasteiger partial charge in [0, 0.05) is 52.7 Å². The number of aromatic nitrogens is 5. The number of β-amino-alcohol motifs (C(OH)–C–C–N with tert-alkyl or cyclic N) is 1. The number of nitrogens with zero attached hydrogens (tertiary/aromatic N) is 7. The average molecular weight is 998 g/mol. The molecule has 4 aromatic heterocycles. The number of nitrogens with one attached hydrogen (secondary N) is 2. The van der Waals surface area contributed by atoms with E-state index < -0.39 is 35.6 Å². The van der Waals surface area contributed by atoms with Gasteiger partial charge in [-0.3, -0.25) is 28.7 Å². The number of thiazole rings is 1. The van der Waals surface area contributed by atoms with Gasteiger partial charge in [0.25, 0.3) is 0 Å². The number of esters is 1. The number of aliphatic hydroxyl groups is 1. The zero-order chi connectivity index (χ0) is 50.5. The van der Waals surface area contributed by atoms with E-state index in [2.05, 4.69) is 44.6 Å².